The van der Waals surface area contributed by atoms with Gasteiger partial charge in [-0.1, -0.05) is 36.4 Å². The van der Waals surface area contributed by atoms with E-state index in [1.54, 1.807) is 0 Å². The Hall–Kier alpha value is -2.74. The number of carbonyl (C=O) groups is 2. The zero-order chi connectivity index (χ0) is 21.9. The maximum atomic E-state index is 12.3. The van der Waals surface area contributed by atoms with Crippen LogP contribution in [0.5, 0.6) is 5.75 Å². The van der Waals surface area contributed by atoms with Gasteiger partial charge in [0.2, 0.25) is 11.8 Å². The van der Waals surface area contributed by atoms with Crippen LogP contribution in [0.15, 0.2) is 42.5 Å². The van der Waals surface area contributed by atoms with Crippen LogP contribution in [0.4, 0.5) is 0 Å². The molecule has 3 heterocycles. The van der Waals surface area contributed by atoms with Crippen molar-refractivity contribution in [3.05, 3.63) is 64.7 Å². The molecule has 1 atom stereocenters. The van der Waals surface area contributed by atoms with Crippen LogP contribution in [0.2, 0.25) is 0 Å². The molecule has 1 N–H and O–H groups in total. The molecule has 7 heteroatoms. The summed E-state index contributed by atoms with van der Waals surface area (Å²) in [6.45, 7) is 6.42. The smallest absolute Gasteiger partial charge is 0.243 e. The first-order valence-electron chi connectivity index (χ1n) is 11.3. The normalized spacial score (nSPS) is 21.9. The minimum Gasteiger partial charge on any atom is -0.489 e. The van der Waals surface area contributed by atoms with Gasteiger partial charge in [-0.25, -0.2) is 0 Å². The van der Waals surface area contributed by atoms with E-state index < -0.39 is 0 Å². The summed E-state index contributed by atoms with van der Waals surface area (Å²) in [6, 6.07) is 14.5. The van der Waals surface area contributed by atoms with Gasteiger partial charge in [0.25, 0.3) is 0 Å². The second-order valence-electron chi connectivity index (χ2n) is 8.76. The fourth-order valence-corrected chi connectivity index (χ4v) is 4.72. The van der Waals surface area contributed by atoms with E-state index in [9.17, 15) is 9.59 Å². The summed E-state index contributed by atoms with van der Waals surface area (Å²) in [5.74, 6) is 0.506. The highest BCUT2D eigenvalue weighted by atomic mass is 16.5. The first kappa shape index (κ1) is 21.1. The second-order valence-corrected chi connectivity index (χ2v) is 8.76. The largest absolute Gasteiger partial charge is 0.489 e. The Morgan fingerprint density at radius 2 is 1.78 bits per heavy atom. The van der Waals surface area contributed by atoms with Gasteiger partial charge < -0.3 is 9.47 Å². The number of benzene rings is 2. The van der Waals surface area contributed by atoms with Gasteiger partial charge in [0, 0.05) is 44.7 Å². The Morgan fingerprint density at radius 1 is 1.00 bits per heavy atom. The number of carbonyl (C=O) groups excluding carboxylic acids is 2. The molecule has 3 aliphatic rings. The molecule has 32 heavy (non-hydrogen) atoms. The summed E-state index contributed by atoms with van der Waals surface area (Å²) in [7, 11) is 0. The van der Waals surface area contributed by atoms with Crippen molar-refractivity contribution in [1.82, 2.24) is 15.1 Å². The van der Waals surface area contributed by atoms with Crippen molar-refractivity contribution in [3.8, 4) is 5.75 Å². The summed E-state index contributed by atoms with van der Waals surface area (Å²) in [5, 5.41) is 2.46. The maximum absolute atomic E-state index is 12.3. The predicted octanol–water partition coefficient (Wildman–Crippen LogP) is 2.22. The molecule has 5 rings (SSSR count). The number of hydrogen-bond acceptors (Lipinski definition) is 6. The summed E-state index contributed by atoms with van der Waals surface area (Å²) < 4.78 is 11.6. The van der Waals surface area contributed by atoms with Crippen molar-refractivity contribution in [2.75, 3.05) is 26.3 Å². The van der Waals surface area contributed by atoms with Crippen LogP contribution in [-0.2, 0) is 40.6 Å². The zero-order valence-electron chi connectivity index (χ0n) is 18.2. The van der Waals surface area contributed by atoms with E-state index in [0.29, 0.717) is 32.5 Å². The van der Waals surface area contributed by atoms with Crippen LogP contribution in [-0.4, -0.2) is 54.0 Å². The van der Waals surface area contributed by atoms with E-state index in [1.807, 2.05) is 12.1 Å². The minimum absolute atomic E-state index is 0.178. The van der Waals surface area contributed by atoms with Crippen molar-refractivity contribution in [1.29, 1.82) is 0 Å². The van der Waals surface area contributed by atoms with E-state index in [2.05, 4.69) is 45.4 Å². The van der Waals surface area contributed by atoms with E-state index in [1.165, 1.54) is 11.1 Å². The van der Waals surface area contributed by atoms with Crippen LogP contribution in [0, 0.1) is 0 Å². The van der Waals surface area contributed by atoms with Gasteiger partial charge in [-0.15, -0.1) is 0 Å². The van der Waals surface area contributed by atoms with Crippen LogP contribution in [0.1, 0.15) is 35.1 Å². The van der Waals surface area contributed by atoms with E-state index in [4.69, 9.17) is 9.47 Å². The fourth-order valence-electron chi connectivity index (χ4n) is 4.72. The Labute approximate surface area is 188 Å². The molecule has 0 aromatic heterocycles. The van der Waals surface area contributed by atoms with Crippen LogP contribution < -0.4 is 10.1 Å². The monoisotopic (exact) mass is 435 g/mol. The Bertz CT molecular complexity index is 985. The summed E-state index contributed by atoms with van der Waals surface area (Å²) in [5.41, 5.74) is 4.76. The van der Waals surface area contributed by atoms with Gasteiger partial charge >= 0.3 is 0 Å². The van der Waals surface area contributed by atoms with Gasteiger partial charge in [0.15, 0.2) is 0 Å². The number of imide groups is 1. The number of amides is 2. The third-order valence-corrected chi connectivity index (χ3v) is 6.54. The highest BCUT2D eigenvalue weighted by Gasteiger charge is 2.35. The van der Waals surface area contributed by atoms with Gasteiger partial charge in [0.1, 0.15) is 12.4 Å². The molecule has 2 saturated heterocycles. The summed E-state index contributed by atoms with van der Waals surface area (Å²) >= 11 is 0. The molecule has 0 radical (unpaired) electrons. The number of rotatable bonds is 6. The molecular formula is C25H29N3O4. The number of fused-ring (bicyclic) bond motifs is 1. The van der Waals surface area contributed by atoms with E-state index in [0.717, 1.165) is 49.7 Å². The average molecular weight is 436 g/mol. The van der Waals surface area contributed by atoms with Crippen LogP contribution in [0.3, 0.4) is 0 Å². The van der Waals surface area contributed by atoms with E-state index in [-0.39, 0.29) is 17.9 Å². The van der Waals surface area contributed by atoms with Crippen molar-refractivity contribution in [2.24, 2.45) is 0 Å². The van der Waals surface area contributed by atoms with Crippen molar-refractivity contribution >= 4 is 11.8 Å². The SMILES string of the molecule is O=C1CC[C@H](N2Cc3cccc(OCc4ccc(CN5CCOCC5)cc4)c3C2)C(=O)N1. The third-order valence-electron chi connectivity index (χ3n) is 6.54. The van der Waals surface area contributed by atoms with E-state index >= 15 is 0 Å². The molecule has 3 aliphatic heterocycles. The van der Waals surface area contributed by atoms with Gasteiger partial charge in [0.05, 0.1) is 19.3 Å². The maximum Gasteiger partial charge on any atom is 0.243 e. The number of morpholine rings is 1. The van der Waals surface area contributed by atoms with Gasteiger partial charge in [-0.05, 0) is 29.2 Å². The molecular weight excluding hydrogens is 406 g/mol. The molecule has 2 aromatic rings. The highest BCUT2D eigenvalue weighted by Crippen LogP contribution is 2.33. The number of nitrogens with zero attached hydrogens (tertiary/aromatic N) is 2. The van der Waals surface area contributed by atoms with Crippen LogP contribution in [0.25, 0.3) is 0 Å². The lowest BCUT2D eigenvalue weighted by atomic mass is 10.0. The molecule has 7 nitrogen and oxygen atoms in total. The third kappa shape index (κ3) is 4.70. The van der Waals surface area contributed by atoms with Gasteiger partial charge in [-0.3, -0.25) is 24.7 Å². The molecule has 0 bridgehead atoms. The molecule has 0 spiro atoms. The number of nitrogens with one attached hydrogen (secondary N) is 1. The fraction of sp³-hybridized carbons (Fsp3) is 0.440. The lowest BCUT2D eigenvalue weighted by Crippen LogP contribution is -2.50. The highest BCUT2D eigenvalue weighted by molar-refractivity contribution is 6.00. The second kappa shape index (κ2) is 9.40. The topological polar surface area (TPSA) is 71.1 Å². The van der Waals surface area contributed by atoms with Gasteiger partial charge in [-0.2, -0.15) is 0 Å². The molecule has 0 saturated carbocycles. The standard InChI is InChI=1S/C25H29N3O4/c29-24-9-8-22(25(30)26-24)28-15-20-2-1-3-23(21(20)16-28)32-17-19-6-4-18(5-7-19)14-27-10-12-31-13-11-27/h1-7,22H,8-17H2,(H,26,29,30)/t22-/m0/s1. The quantitative estimate of drug-likeness (QED) is 0.702. The average Bonchev–Trinajstić information content (AvgIpc) is 3.24. The van der Waals surface area contributed by atoms with Crippen molar-refractivity contribution in [3.63, 3.8) is 0 Å². The Balaban J connectivity index is 1.19. The molecule has 2 amide bonds. The molecule has 2 aromatic carbocycles. The Morgan fingerprint density at radius 3 is 2.56 bits per heavy atom. The minimum atomic E-state index is -0.257. The lowest BCUT2D eigenvalue weighted by molar-refractivity contribution is -0.137. The molecule has 168 valence electrons. The zero-order valence-corrected chi connectivity index (χ0v) is 18.2. The van der Waals surface area contributed by atoms with Crippen LogP contribution >= 0.6 is 0 Å². The first-order chi connectivity index (χ1) is 15.7. The molecule has 2 fully saturated rings. The molecule has 0 aliphatic carbocycles. The Kier molecular flexibility index (Phi) is 6.21. The number of ether oxygens (including phenoxy) is 2. The number of hydrogen-bond donors (Lipinski definition) is 1. The summed E-state index contributed by atoms with van der Waals surface area (Å²) in [6.07, 6.45) is 0.972. The molecule has 0 unspecified atom stereocenters. The first-order valence-corrected chi connectivity index (χ1v) is 11.3. The predicted molar refractivity (Wildman–Crippen MR) is 119 cm³/mol. The summed E-state index contributed by atoms with van der Waals surface area (Å²) in [4.78, 5) is 28.3. The lowest BCUT2D eigenvalue weighted by Gasteiger charge is -2.29. The number of piperidine rings is 1. The van der Waals surface area contributed by atoms with Crippen molar-refractivity contribution < 1.29 is 19.1 Å². The van der Waals surface area contributed by atoms with Crippen molar-refractivity contribution in [2.45, 2.75) is 45.1 Å².